The molecule has 8 nitrogen and oxygen atoms in total. The van der Waals surface area contributed by atoms with Gasteiger partial charge in [-0.15, -0.1) is 5.10 Å². The molecule has 0 unspecified atom stereocenters. The maximum absolute atomic E-state index is 13.0. The summed E-state index contributed by atoms with van der Waals surface area (Å²) in [4.78, 5) is 3.41. The Morgan fingerprint density at radius 3 is 2.71 bits per heavy atom. The summed E-state index contributed by atoms with van der Waals surface area (Å²) in [5.74, 6) is 1.10. The zero-order chi connectivity index (χ0) is 22.2. The van der Waals surface area contributed by atoms with Crippen LogP contribution in [-0.2, 0) is 16.6 Å². The van der Waals surface area contributed by atoms with Crippen LogP contribution >= 0.6 is 0 Å². The number of fused-ring (bicyclic) bond motifs is 1. The summed E-state index contributed by atoms with van der Waals surface area (Å²) in [7, 11) is -3.73. The van der Waals surface area contributed by atoms with Crippen molar-refractivity contribution in [2.45, 2.75) is 45.2 Å². The van der Waals surface area contributed by atoms with Gasteiger partial charge in [0.25, 0.3) is 0 Å². The largest absolute Gasteiger partial charge is 0.424 e. The maximum atomic E-state index is 13.0. The molecule has 0 aliphatic carbocycles. The van der Waals surface area contributed by atoms with Crippen molar-refractivity contribution in [3.8, 4) is 11.8 Å². The Morgan fingerprint density at radius 2 is 1.94 bits per heavy atom. The quantitative estimate of drug-likeness (QED) is 0.449. The second kappa shape index (κ2) is 8.16. The van der Waals surface area contributed by atoms with Gasteiger partial charge in [-0.25, -0.2) is 13.1 Å². The van der Waals surface area contributed by atoms with Gasteiger partial charge in [-0.2, -0.15) is 0 Å². The van der Waals surface area contributed by atoms with Crippen LogP contribution in [0.25, 0.3) is 10.9 Å². The molecular weight excluding hydrogens is 414 g/mol. The van der Waals surface area contributed by atoms with E-state index >= 15 is 0 Å². The fourth-order valence-electron chi connectivity index (χ4n) is 3.53. The molecule has 31 heavy (non-hydrogen) atoms. The first-order valence-corrected chi connectivity index (χ1v) is 11.5. The molecule has 1 atom stereocenters. The van der Waals surface area contributed by atoms with E-state index in [0.717, 1.165) is 16.5 Å². The Bertz CT molecular complexity index is 1340. The van der Waals surface area contributed by atoms with Gasteiger partial charge in [0.15, 0.2) is 5.82 Å². The SMILES string of the molecule is CCn1c(Oc2ccc3cc[nH]c3c2)nnc1[C@@H](C)NS(=O)(=O)c1cc(C)ccc1C. The van der Waals surface area contributed by atoms with E-state index in [1.165, 1.54) is 0 Å². The lowest BCUT2D eigenvalue weighted by Gasteiger charge is -2.16. The van der Waals surface area contributed by atoms with Crippen LogP contribution in [0.5, 0.6) is 11.8 Å². The third-order valence-electron chi connectivity index (χ3n) is 5.15. The predicted octanol–water partition coefficient (Wildman–Crippen LogP) is 4.23. The van der Waals surface area contributed by atoms with Gasteiger partial charge in [0.1, 0.15) is 5.75 Å². The van der Waals surface area contributed by atoms with Gasteiger partial charge in [-0.1, -0.05) is 17.2 Å². The van der Waals surface area contributed by atoms with Crippen LogP contribution < -0.4 is 9.46 Å². The normalized spacial score (nSPS) is 12.9. The highest BCUT2D eigenvalue weighted by molar-refractivity contribution is 7.89. The monoisotopic (exact) mass is 439 g/mol. The highest BCUT2D eigenvalue weighted by atomic mass is 32.2. The first kappa shape index (κ1) is 21.1. The molecule has 0 saturated heterocycles. The standard InChI is InChI=1S/C22H25N5O3S/c1-5-27-21(16(4)26-31(28,29)20-12-14(2)6-7-15(20)3)24-25-22(27)30-18-9-8-17-10-11-23-19(17)13-18/h6-13,16,23,26H,5H2,1-4H3/t16-/m1/s1. The van der Waals surface area contributed by atoms with Crippen LogP contribution in [0, 0.1) is 13.8 Å². The van der Waals surface area contributed by atoms with Gasteiger partial charge >= 0.3 is 6.01 Å². The Kier molecular flexibility index (Phi) is 5.55. The van der Waals surface area contributed by atoms with Crippen LogP contribution in [0.1, 0.15) is 36.8 Å². The minimum absolute atomic E-state index is 0.262. The molecule has 0 aliphatic heterocycles. The number of hydrogen-bond donors (Lipinski definition) is 2. The summed E-state index contributed by atoms with van der Waals surface area (Å²) < 4.78 is 36.4. The first-order chi connectivity index (χ1) is 14.8. The van der Waals surface area contributed by atoms with E-state index in [1.807, 2.05) is 50.4 Å². The van der Waals surface area contributed by atoms with Gasteiger partial charge in [0.05, 0.1) is 10.9 Å². The highest BCUT2D eigenvalue weighted by Gasteiger charge is 2.25. The molecule has 0 radical (unpaired) electrons. The molecular formula is C22H25N5O3S. The summed E-state index contributed by atoms with van der Waals surface area (Å²) in [5.41, 5.74) is 2.52. The third-order valence-corrected chi connectivity index (χ3v) is 6.83. The van der Waals surface area contributed by atoms with Crippen molar-refractivity contribution in [3.63, 3.8) is 0 Å². The number of hydrogen-bond acceptors (Lipinski definition) is 5. The average Bonchev–Trinajstić information content (AvgIpc) is 3.35. The fourth-order valence-corrected chi connectivity index (χ4v) is 5.07. The Morgan fingerprint density at radius 1 is 1.13 bits per heavy atom. The second-order valence-corrected chi connectivity index (χ2v) is 9.21. The highest BCUT2D eigenvalue weighted by Crippen LogP contribution is 2.27. The summed E-state index contributed by atoms with van der Waals surface area (Å²) in [6.07, 6.45) is 1.87. The molecule has 2 aromatic heterocycles. The van der Waals surface area contributed by atoms with Crippen LogP contribution in [-0.4, -0.2) is 28.2 Å². The molecule has 2 heterocycles. The molecule has 0 bridgehead atoms. The van der Waals surface area contributed by atoms with Crippen molar-refractivity contribution in [1.82, 2.24) is 24.5 Å². The number of nitrogens with one attached hydrogen (secondary N) is 2. The third kappa shape index (κ3) is 4.19. The molecule has 2 N–H and O–H groups in total. The minimum Gasteiger partial charge on any atom is -0.424 e. The summed E-state index contributed by atoms with van der Waals surface area (Å²) in [6.45, 7) is 7.84. The van der Waals surface area contributed by atoms with Crippen molar-refractivity contribution in [2.75, 3.05) is 0 Å². The van der Waals surface area contributed by atoms with Gasteiger partial charge in [-0.05, 0) is 68.5 Å². The van der Waals surface area contributed by atoms with Gasteiger partial charge in [-0.3, -0.25) is 4.57 Å². The molecule has 0 amide bonds. The molecule has 4 rings (SSSR count). The number of H-pyrrole nitrogens is 1. The van der Waals surface area contributed by atoms with Crippen LogP contribution in [0.15, 0.2) is 53.6 Å². The maximum Gasteiger partial charge on any atom is 0.322 e. The van der Waals surface area contributed by atoms with E-state index in [-0.39, 0.29) is 4.90 Å². The number of aromatic amines is 1. The van der Waals surface area contributed by atoms with Gasteiger partial charge in [0, 0.05) is 24.3 Å². The molecule has 0 saturated carbocycles. The number of aryl methyl sites for hydroxylation is 2. The Balaban J connectivity index is 1.59. The van der Waals surface area contributed by atoms with Crippen molar-refractivity contribution in [3.05, 3.63) is 65.6 Å². The van der Waals surface area contributed by atoms with Crippen molar-refractivity contribution in [1.29, 1.82) is 0 Å². The van der Waals surface area contributed by atoms with Crippen LogP contribution in [0.3, 0.4) is 0 Å². The number of rotatable bonds is 7. The lowest BCUT2D eigenvalue weighted by Crippen LogP contribution is -2.29. The number of nitrogens with zero attached hydrogens (tertiary/aromatic N) is 3. The second-order valence-electron chi connectivity index (χ2n) is 7.53. The zero-order valence-electron chi connectivity index (χ0n) is 17.9. The van der Waals surface area contributed by atoms with Crippen molar-refractivity contribution >= 4 is 20.9 Å². The molecule has 9 heteroatoms. The van der Waals surface area contributed by atoms with Crippen molar-refractivity contribution in [2.24, 2.45) is 0 Å². The Hall–Kier alpha value is -3.17. The molecule has 2 aromatic carbocycles. The minimum atomic E-state index is -3.73. The number of benzene rings is 2. The van der Waals surface area contributed by atoms with E-state index < -0.39 is 16.1 Å². The van der Waals surface area contributed by atoms with E-state index in [2.05, 4.69) is 19.9 Å². The van der Waals surface area contributed by atoms with Crippen molar-refractivity contribution < 1.29 is 13.2 Å². The summed E-state index contributed by atoms with van der Waals surface area (Å²) >= 11 is 0. The number of sulfonamides is 1. The van der Waals surface area contributed by atoms with Gasteiger partial charge < -0.3 is 9.72 Å². The van der Waals surface area contributed by atoms with E-state index in [0.29, 0.717) is 29.7 Å². The Labute approximate surface area is 181 Å². The summed E-state index contributed by atoms with van der Waals surface area (Å²) in [5, 5.41) is 9.44. The van der Waals surface area contributed by atoms with E-state index in [1.54, 1.807) is 30.5 Å². The molecule has 4 aromatic rings. The molecule has 0 spiro atoms. The summed E-state index contributed by atoms with van der Waals surface area (Å²) in [6, 6.07) is 12.7. The van der Waals surface area contributed by atoms with Gasteiger partial charge in [0.2, 0.25) is 10.0 Å². The fraction of sp³-hybridized carbons (Fsp3) is 0.273. The van der Waals surface area contributed by atoms with E-state index in [9.17, 15) is 8.42 Å². The topological polar surface area (TPSA) is 102 Å². The van der Waals surface area contributed by atoms with E-state index in [4.69, 9.17) is 4.74 Å². The molecule has 0 fully saturated rings. The first-order valence-electron chi connectivity index (χ1n) is 10.1. The number of aromatic nitrogens is 4. The number of ether oxygens (including phenoxy) is 1. The van der Waals surface area contributed by atoms with Crippen LogP contribution in [0.4, 0.5) is 0 Å². The smallest absolute Gasteiger partial charge is 0.322 e. The molecule has 162 valence electrons. The lowest BCUT2D eigenvalue weighted by atomic mass is 10.2. The predicted molar refractivity (Wildman–Crippen MR) is 119 cm³/mol. The van der Waals surface area contributed by atoms with Crippen LogP contribution in [0.2, 0.25) is 0 Å². The average molecular weight is 440 g/mol. The lowest BCUT2D eigenvalue weighted by molar-refractivity contribution is 0.408. The molecule has 0 aliphatic rings. The zero-order valence-corrected chi connectivity index (χ0v) is 18.7.